The second-order valence-corrected chi connectivity index (χ2v) is 6.80. The van der Waals surface area contributed by atoms with Gasteiger partial charge < -0.3 is 5.32 Å². The first-order valence-electron chi connectivity index (χ1n) is 8.55. The van der Waals surface area contributed by atoms with E-state index in [1.807, 2.05) is 0 Å². The number of likely N-dealkylation sites (tertiary alicyclic amines) is 1. The van der Waals surface area contributed by atoms with Gasteiger partial charge in [-0.2, -0.15) is 0 Å². The summed E-state index contributed by atoms with van der Waals surface area (Å²) >= 11 is 0. The Kier molecular flexibility index (Phi) is 6.65. The van der Waals surface area contributed by atoms with Gasteiger partial charge in [0.2, 0.25) is 0 Å². The third kappa shape index (κ3) is 5.76. The van der Waals surface area contributed by atoms with Crippen LogP contribution < -0.4 is 5.32 Å². The molecule has 1 saturated heterocycles. The molecule has 118 valence electrons. The van der Waals surface area contributed by atoms with E-state index in [1.165, 1.54) is 38.0 Å². The number of rotatable bonds is 7. The Bertz CT molecular complexity index is 417. The molecule has 0 aliphatic carbocycles. The number of pyridine rings is 1. The second kappa shape index (κ2) is 8.50. The predicted molar refractivity (Wildman–Crippen MR) is 89.1 cm³/mol. The molecule has 1 aromatic heterocycles. The third-order valence-electron chi connectivity index (χ3n) is 4.29. The zero-order chi connectivity index (χ0) is 15.1. The van der Waals surface area contributed by atoms with Crippen LogP contribution in [0.1, 0.15) is 51.4 Å². The minimum atomic E-state index is 0.688. The van der Waals surface area contributed by atoms with Gasteiger partial charge in [-0.15, -0.1) is 0 Å². The van der Waals surface area contributed by atoms with Gasteiger partial charge in [-0.05, 0) is 49.9 Å². The summed E-state index contributed by atoms with van der Waals surface area (Å²) in [6.45, 7) is 12.2. The van der Waals surface area contributed by atoms with E-state index in [-0.39, 0.29) is 0 Å². The Balaban J connectivity index is 1.85. The van der Waals surface area contributed by atoms with Crippen molar-refractivity contribution in [2.45, 2.75) is 53.1 Å². The molecule has 0 radical (unpaired) electrons. The minimum absolute atomic E-state index is 0.688. The quantitative estimate of drug-likeness (QED) is 0.833. The van der Waals surface area contributed by atoms with Crippen molar-refractivity contribution in [3.63, 3.8) is 0 Å². The van der Waals surface area contributed by atoms with Crippen LogP contribution >= 0.6 is 0 Å². The van der Waals surface area contributed by atoms with E-state index in [4.69, 9.17) is 4.98 Å². The molecule has 0 spiro atoms. The highest BCUT2D eigenvalue weighted by Gasteiger charge is 2.18. The topological polar surface area (TPSA) is 28.2 Å². The zero-order valence-electron chi connectivity index (χ0n) is 13.9. The van der Waals surface area contributed by atoms with Crippen molar-refractivity contribution in [3.8, 4) is 0 Å². The molecule has 1 N–H and O–H groups in total. The number of nitrogens with one attached hydrogen (secondary N) is 1. The molecule has 1 aliphatic rings. The molecule has 0 saturated carbocycles. The molecule has 0 aromatic carbocycles. The van der Waals surface area contributed by atoms with Crippen LogP contribution in [0.2, 0.25) is 0 Å². The third-order valence-corrected chi connectivity index (χ3v) is 4.29. The Morgan fingerprint density at radius 1 is 1.33 bits per heavy atom. The lowest BCUT2D eigenvalue weighted by molar-refractivity contribution is 0.163. The van der Waals surface area contributed by atoms with Crippen molar-refractivity contribution in [2.24, 2.45) is 11.8 Å². The molecule has 3 nitrogen and oxygen atoms in total. The van der Waals surface area contributed by atoms with E-state index < -0.39 is 0 Å². The lowest BCUT2D eigenvalue weighted by Gasteiger charge is -2.32. The highest BCUT2D eigenvalue weighted by Crippen LogP contribution is 2.20. The maximum atomic E-state index is 4.81. The fourth-order valence-corrected chi connectivity index (χ4v) is 3.06. The van der Waals surface area contributed by atoms with E-state index in [0.717, 1.165) is 31.2 Å². The van der Waals surface area contributed by atoms with Gasteiger partial charge in [-0.3, -0.25) is 9.88 Å². The van der Waals surface area contributed by atoms with Gasteiger partial charge in [0.1, 0.15) is 0 Å². The maximum Gasteiger partial charge on any atom is 0.0547 e. The highest BCUT2D eigenvalue weighted by atomic mass is 15.1. The molecule has 3 heteroatoms. The van der Waals surface area contributed by atoms with Gasteiger partial charge in [-0.25, -0.2) is 0 Å². The van der Waals surface area contributed by atoms with Crippen molar-refractivity contribution in [2.75, 3.05) is 19.6 Å². The largest absolute Gasteiger partial charge is 0.311 e. The van der Waals surface area contributed by atoms with E-state index in [1.54, 1.807) is 0 Å². The van der Waals surface area contributed by atoms with Crippen molar-refractivity contribution >= 4 is 0 Å². The summed E-state index contributed by atoms with van der Waals surface area (Å²) in [7, 11) is 0. The maximum absolute atomic E-state index is 4.81. The number of nitrogens with zero attached hydrogens (tertiary/aromatic N) is 2. The molecule has 1 aliphatic heterocycles. The van der Waals surface area contributed by atoms with Gasteiger partial charge in [-0.1, -0.05) is 33.3 Å². The molecule has 21 heavy (non-hydrogen) atoms. The molecule has 0 bridgehead atoms. The summed E-state index contributed by atoms with van der Waals surface area (Å²) in [5.41, 5.74) is 2.38. The standard InChI is InChI=1S/C18H31N3/c1-4-16-7-6-10-21(13-16)14-18-9-5-8-17(20-18)12-19-11-15(2)3/h5,8-9,15-16,19H,4,6-7,10-14H2,1-3H3. The van der Waals surface area contributed by atoms with Crippen LogP contribution in [0.3, 0.4) is 0 Å². The predicted octanol–water partition coefficient (Wildman–Crippen LogP) is 3.45. The van der Waals surface area contributed by atoms with Crippen LogP contribution in [0.4, 0.5) is 0 Å². The monoisotopic (exact) mass is 289 g/mol. The van der Waals surface area contributed by atoms with Crippen LogP contribution in [0.25, 0.3) is 0 Å². The lowest BCUT2D eigenvalue weighted by Crippen LogP contribution is -2.34. The molecular formula is C18H31N3. The summed E-state index contributed by atoms with van der Waals surface area (Å²) < 4.78 is 0. The second-order valence-electron chi connectivity index (χ2n) is 6.80. The van der Waals surface area contributed by atoms with Crippen LogP contribution in [0.15, 0.2) is 18.2 Å². The van der Waals surface area contributed by atoms with Crippen molar-refractivity contribution in [3.05, 3.63) is 29.6 Å². The van der Waals surface area contributed by atoms with Gasteiger partial charge in [0.05, 0.1) is 11.4 Å². The molecule has 0 amide bonds. The fraction of sp³-hybridized carbons (Fsp3) is 0.722. The summed E-state index contributed by atoms with van der Waals surface area (Å²) in [5, 5.41) is 3.47. The Labute approximate surface area is 130 Å². The SMILES string of the molecule is CCC1CCCN(Cc2cccc(CNCC(C)C)n2)C1. The molecule has 1 aromatic rings. The summed E-state index contributed by atoms with van der Waals surface area (Å²) in [4.78, 5) is 7.39. The van der Waals surface area contributed by atoms with Crippen LogP contribution in [-0.2, 0) is 13.1 Å². The van der Waals surface area contributed by atoms with E-state index in [2.05, 4.69) is 49.2 Å². The number of hydrogen-bond acceptors (Lipinski definition) is 3. The van der Waals surface area contributed by atoms with Crippen molar-refractivity contribution in [1.82, 2.24) is 15.2 Å². The van der Waals surface area contributed by atoms with Crippen LogP contribution in [0.5, 0.6) is 0 Å². The average molecular weight is 289 g/mol. The van der Waals surface area contributed by atoms with E-state index in [9.17, 15) is 0 Å². The van der Waals surface area contributed by atoms with E-state index >= 15 is 0 Å². The number of hydrogen-bond donors (Lipinski definition) is 1. The Morgan fingerprint density at radius 3 is 2.90 bits per heavy atom. The van der Waals surface area contributed by atoms with Gasteiger partial charge in [0.15, 0.2) is 0 Å². The smallest absolute Gasteiger partial charge is 0.0547 e. The summed E-state index contributed by atoms with van der Waals surface area (Å²) in [6.07, 6.45) is 4.05. The van der Waals surface area contributed by atoms with Gasteiger partial charge in [0, 0.05) is 19.6 Å². The lowest BCUT2D eigenvalue weighted by atomic mass is 9.95. The average Bonchev–Trinajstić information content (AvgIpc) is 2.47. The molecular weight excluding hydrogens is 258 g/mol. The summed E-state index contributed by atoms with van der Waals surface area (Å²) in [5.74, 6) is 1.57. The normalized spacial score (nSPS) is 20.1. The van der Waals surface area contributed by atoms with Crippen molar-refractivity contribution in [1.29, 1.82) is 0 Å². The van der Waals surface area contributed by atoms with Crippen LogP contribution in [0, 0.1) is 11.8 Å². The minimum Gasteiger partial charge on any atom is -0.311 e. The van der Waals surface area contributed by atoms with Crippen molar-refractivity contribution < 1.29 is 0 Å². The number of piperidine rings is 1. The fourth-order valence-electron chi connectivity index (χ4n) is 3.06. The van der Waals surface area contributed by atoms with Gasteiger partial charge >= 0.3 is 0 Å². The molecule has 1 atom stereocenters. The molecule has 2 heterocycles. The zero-order valence-corrected chi connectivity index (χ0v) is 13.9. The highest BCUT2D eigenvalue weighted by molar-refractivity contribution is 5.11. The first-order valence-corrected chi connectivity index (χ1v) is 8.55. The first kappa shape index (κ1) is 16.4. The molecule has 1 unspecified atom stereocenters. The summed E-state index contributed by atoms with van der Waals surface area (Å²) in [6, 6.07) is 6.44. The van der Waals surface area contributed by atoms with Crippen LogP contribution in [-0.4, -0.2) is 29.5 Å². The molecule has 1 fully saturated rings. The number of aromatic nitrogens is 1. The Morgan fingerprint density at radius 2 is 2.14 bits per heavy atom. The Hall–Kier alpha value is -0.930. The van der Waals surface area contributed by atoms with Gasteiger partial charge in [0.25, 0.3) is 0 Å². The molecule has 2 rings (SSSR count). The van der Waals surface area contributed by atoms with E-state index in [0.29, 0.717) is 5.92 Å². The first-order chi connectivity index (χ1) is 10.2.